The molecule has 0 radical (unpaired) electrons. The summed E-state index contributed by atoms with van der Waals surface area (Å²) in [6, 6.07) is 7.91. The smallest absolute Gasteiger partial charge is 0.408 e. The largest absolute Gasteiger partial charge is 0.444 e. The van der Waals surface area contributed by atoms with Gasteiger partial charge in [0.1, 0.15) is 12.1 Å². The molecule has 3 rings (SSSR count). The van der Waals surface area contributed by atoms with Crippen molar-refractivity contribution in [2.45, 2.75) is 45.4 Å². The Balaban J connectivity index is 1.57. The maximum Gasteiger partial charge on any atom is 0.408 e. The molecular formula is C24H33N5O4. The van der Waals surface area contributed by atoms with Gasteiger partial charge in [0, 0.05) is 51.7 Å². The average molecular weight is 456 g/mol. The maximum atomic E-state index is 12.4. The van der Waals surface area contributed by atoms with Crippen LogP contribution >= 0.6 is 0 Å². The second-order valence-electron chi connectivity index (χ2n) is 9.17. The van der Waals surface area contributed by atoms with Crippen molar-refractivity contribution in [1.82, 2.24) is 20.2 Å². The van der Waals surface area contributed by atoms with E-state index >= 15 is 0 Å². The van der Waals surface area contributed by atoms with Gasteiger partial charge in [0.2, 0.25) is 11.9 Å². The van der Waals surface area contributed by atoms with E-state index in [0.29, 0.717) is 12.5 Å². The summed E-state index contributed by atoms with van der Waals surface area (Å²) in [6.45, 7) is 7.29. The highest BCUT2D eigenvalue weighted by Crippen LogP contribution is 2.23. The van der Waals surface area contributed by atoms with Crippen molar-refractivity contribution in [2.75, 3.05) is 38.7 Å². The van der Waals surface area contributed by atoms with E-state index in [-0.39, 0.29) is 18.6 Å². The Bertz CT molecular complexity index is 958. The van der Waals surface area contributed by atoms with E-state index in [0.717, 1.165) is 36.2 Å². The van der Waals surface area contributed by atoms with Crippen molar-refractivity contribution in [2.24, 2.45) is 0 Å². The van der Waals surface area contributed by atoms with Gasteiger partial charge in [-0.1, -0.05) is 18.2 Å². The first kappa shape index (κ1) is 24.4. The Labute approximate surface area is 195 Å². The minimum Gasteiger partial charge on any atom is -0.444 e. The van der Waals surface area contributed by atoms with Gasteiger partial charge in [-0.05, 0) is 44.4 Å². The number of ether oxygens (including phenoxy) is 2. The first-order valence-corrected chi connectivity index (χ1v) is 11.0. The molecule has 9 heteroatoms. The molecule has 1 fully saturated rings. The minimum atomic E-state index is -0.610. The summed E-state index contributed by atoms with van der Waals surface area (Å²) >= 11 is 0. The van der Waals surface area contributed by atoms with E-state index in [2.05, 4.69) is 20.2 Å². The maximum absolute atomic E-state index is 12.4. The number of nitrogens with zero attached hydrogens (tertiary/aromatic N) is 4. The first-order chi connectivity index (χ1) is 15.6. The zero-order valence-electron chi connectivity index (χ0n) is 20.0. The number of aromatic nitrogens is 2. The number of carbonyl (C=O) groups excluding carboxylic acids is 2. The predicted octanol–water partition coefficient (Wildman–Crippen LogP) is 2.85. The molecule has 1 saturated heterocycles. The number of carbonyl (C=O) groups is 2. The highest BCUT2D eigenvalue weighted by atomic mass is 16.6. The molecule has 1 aliphatic rings. The number of likely N-dealkylation sites (N-methyl/N-ethyl adjacent to an activating group) is 1. The standard InChI is InChI=1S/C24H33N5O4/c1-24(2,3)33-23(31)27-14-21(30)28(4)15-17-7-6-8-18(11-17)19-12-25-22(26-13-19)29-10-9-20(16-29)32-5/h6-8,11-13,20H,9-10,14-16H2,1-5H3,(H,27,31)/t20-/m1/s1. The lowest BCUT2D eigenvalue weighted by atomic mass is 10.1. The minimum absolute atomic E-state index is 0.124. The van der Waals surface area contributed by atoms with Crippen molar-refractivity contribution < 1.29 is 19.1 Å². The van der Waals surface area contributed by atoms with Gasteiger partial charge in [0.25, 0.3) is 0 Å². The van der Waals surface area contributed by atoms with Gasteiger partial charge in [-0.3, -0.25) is 4.79 Å². The molecule has 1 aliphatic heterocycles. The Morgan fingerprint density at radius 3 is 2.58 bits per heavy atom. The molecule has 0 saturated carbocycles. The summed E-state index contributed by atoms with van der Waals surface area (Å²) in [7, 11) is 3.43. The third-order valence-corrected chi connectivity index (χ3v) is 5.29. The van der Waals surface area contributed by atoms with E-state index in [9.17, 15) is 9.59 Å². The van der Waals surface area contributed by atoms with E-state index in [4.69, 9.17) is 9.47 Å². The number of hydrogen-bond acceptors (Lipinski definition) is 7. The highest BCUT2D eigenvalue weighted by Gasteiger charge is 2.24. The molecule has 33 heavy (non-hydrogen) atoms. The number of nitrogens with one attached hydrogen (secondary N) is 1. The molecule has 2 aromatic rings. The summed E-state index contributed by atoms with van der Waals surface area (Å²) in [4.78, 5) is 36.9. The van der Waals surface area contributed by atoms with Crippen LogP contribution in [0.25, 0.3) is 11.1 Å². The number of methoxy groups -OCH3 is 1. The van der Waals surface area contributed by atoms with Crippen molar-refractivity contribution >= 4 is 17.9 Å². The van der Waals surface area contributed by atoms with E-state index in [1.54, 1.807) is 39.8 Å². The molecular weight excluding hydrogens is 422 g/mol. The van der Waals surface area contributed by atoms with Gasteiger partial charge in [0.05, 0.1) is 6.10 Å². The molecule has 0 spiro atoms. The number of rotatable bonds is 7. The molecule has 178 valence electrons. The fourth-order valence-electron chi connectivity index (χ4n) is 3.54. The number of anilines is 1. The fraction of sp³-hybridized carbons (Fsp3) is 0.500. The molecule has 1 aromatic carbocycles. The monoisotopic (exact) mass is 455 g/mol. The molecule has 1 N–H and O–H groups in total. The summed E-state index contributed by atoms with van der Waals surface area (Å²) in [6.07, 6.45) is 4.23. The summed E-state index contributed by atoms with van der Waals surface area (Å²) < 4.78 is 10.6. The molecule has 1 aromatic heterocycles. The van der Waals surface area contributed by atoms with Crippen LogP contribution in [0.15, 0.2) is 36.7 Å². The number of alkyl carbamates (subject to hydrolysis) is 1. The van der Waals surface area contributed by atoms with E-state index in [1.807, 2.05) is 36.7 Å². The highest BCUT2D eigenvalue weighted by molar-refractivity contribution is 5.82. The zero-order chi connectivity index (χ0) is 24.0. The van der Waals surface area contributed by atoms with Crippen LogP contribution in [0.4, 0.5) is 10.7 Å². The van der Waals surface area contributed by atoms with Gasteiger partial charge < -0.3 is 24.6 Å². The Hall–Kier alpha value is -3.20. The van der Waals surface area contributed by atoms with E-state index in [1.165, 1.54) is 0 Å². The van der Waals surface area contributed by atoms with Crippen molar-refractivity contribution in [3.63, 3.8) is 0 Å². The van der Waals surface area contributed by atoms with Gasteiger partial charge in [-0.25, -0.2) is 14.8 Å². The van der Waals surface area contributed by atoms with Gasteiger partial charge in [0.15, 0.2) is 0 Å². The van der Waals surface area contributed by atoms with Crippen LogP contribution in [0, 0.1) is 0 Å². The van der Waals surface area contributed by atoms with Crippen molar-refractivity contribution in [3.05, 3.63) is 42.2 Å². The van der Waals surface area contributed by atoms with Gasteiger partial charge >= 0.3 is 6.09 Å². The molecule has 2 amide bonds. The number of amides is 2. The lowest BCUT2D eigenvalue weighted by Gasteiger charge is -2.21. The predicted molar refractivity (Wildman–Crippen MR) is 126 cm³/mol. The average Bonchev–Trinajstić information content (AvgIpc) is 3.26. The number of hydrogen-bond donors (Lipinski definition) is 1. The summed E-state index contributed by atoms with van der Waals surface area (Å²) in [5.74, 6) is 0.496. The fourth-order valence-corrected chi connectivity index (χ4v) is 3.54. The third-order valence-electron chi connectivity index (χ3n) is 5.29. The van der Waals surface area contributed by atoms with Crippen molar-refractivity contribution in [1.29, 1.82) is 0 Å². The molecule has 0 bridgehead atoms. The third kappa shape index (κ3) is 7.15. The summed E-state index contributed by atoms with van der Waals surface area (Å²) in [5, 5.41) is 2.50. The quantitative estimate of drug-likeness (QED) is 0.686. The molecule has 0 aliphatic carbocycles. The van der Waals surface area contributed by atoms with Crippen LogP contribution in [0.2, 0.25) is 0 Å². The molecule has 1 atom stereocenters. The number of benzene rings is 1. The second kappa shape index (κ2) is 10.6. The van der Waals surface area contributed by atoms with Crippen LogP contribution in [-0.2, 0) is 20.8 Å². The lowest BCUT2D eigenvalue weighted by Crippen LogP contribution is -2.40. The normalized spacial score (nSPS) is 15.9. The van der Waals surface area contributed by atoms with Gasteiger partial charge in [-0.2, -0.15) is 0 Å². The Kier molecular flexibility index (Phi) is 7.86. The lowest BCUT2D eigenvalue weighted by molar-refractivity contribution is -0.129. The van der Waals surface area contributed by atoms with Crippen LogP contribution in [0.1, 0.15) is 32.8 Å². The van der Waals surface area contributed by atoms with Crippen LogP contribution in [0.5, 0.6) is 0 Å². The Morgan fingerprint density at radius 1 is 1.21 bits per heavy atom. The van der Waals surface area contributed by atoms with Gasteiger partial charge in [-0.15, -0.1) is 0 Å². The van der Waals surface area contributed by atoms with Crippen molar-refractivity contribution in [3.8, 4) is 11.1 Å². The Morgan fingerprint density at radius 2 is 1.94 bits per heavy atom. The van der Waals surface area contributed by atoms with Crippen LogP contribution < -0.4 is 10.2 Å². The molecule has 2 heterocycles. The summed E-state index contributed by atoms with van der Waals surface area (Å²) in [5.41, 5.74) is 2.24. The molecule has 0 unspecified atom stereocenters. The SMILES string of the molecule is CO[C@@H]1CCN(c2ncc(-c3cccc(CN(C)C(=O)CNC(=O)OC(C)(C)C)c3)cn2)C1. The topological polar surface area (TPSA) is 96.9 Å². The van der Waals surface area contributed by atoms with Crippen LogP contribution in [-0.4, -0.2) is 72.4 Å². The molecule has 9 nitrogen and oxygen atoms in total. The zero-order valence-corrected chi connectivity index (χ0v) is 20.0. The first-order valence-electron chi connectivity index (χ1n) is 11.0. The van der Waals surface area contributed by atoms with Crippen LogP contribution in [0.3, 0.4) is 0 Å². The van der Waals surface area contributed by atoms with E-state index < -0.39 is 11.7 Å². The second-order valence-corrected chi connectivity index (χ2v) is 9.17.